The Kier molecular flexibility index (Phi) is 5.00. The second-order valence-corrected chi connectivity index (χ2v) is 6.53. The van der Waals surface area contributed by atoms with Gasteiger partial charge in [0.2, 0.25) is 5.91 Å². The van der Waals surface area contributed by atoms with Gasteiger partial charge in [-0.3, -0.25) is 9.59 Å². The van der Waals surface area contributed by atoms with Crippen molar-refractivity contribution in [1.82, 2.24) is 0 Å². The van der Waals surface area contributed by atoms with Crippen LogP contribution in [-0.4, -0.2) is 11.7 Å². The Morgan fingerprint density at radius 2 is 1.60 bits per heavy atom. The number of Topliss-reactive ketones (excluding diaryl/α,β-unsaturated/α-hetero) is 1. The molecular weight excluding hydrogens is 310 g/mol. The number of anilines is 1. The molecule has 25 heavy (non-hydrogen) atoms. The van der Waals surface area contributed by atoms with Gasteiger partial charge >= 0.3 is 0 Å². The number of rotatable bonds is 4. The summed E-state index contributed by atoms with van der Waals surface area (Å²) < 4.78 is 0. The van der Waals surface area contributed by atoms with Crippen LogP contribution < -0.4 is 4.90 Å². The van der Waals surface area contributed by atoms with Gasteiger partial charge in [-0.2, -0.15) is 0 Å². The highest BCUT2D eigenvalue weighted by Gasteiger charge is 2.22. The lowest BCUT2D eigenvalue weighted by atomic mass is 10.0. The third kappa shape index (κ3) is 3.80. The number of nitrogens with zero attached hydrogens (tertiary/aromatic N) is 1. The molecule has 0 saturated carbocycles. The number of ketones is 1. The lowest BCUT2D eigenvalue weighted by molar-refractivity contribution is -0.125. The Labute approximate surface area is 148 Å². The molecule has 0 fully saturated rings. The van der Waals surface area contributed by atoms with Crippen molar-refractivity contribution >= 4 is 17.4 Å². The van der Waals surface area contributed by atoms with E-state index >= 15 is 0 Å². The highest BCUT2D eigenvalue weighted by Crippen LogP contribution is 2.26. The summed E-state index contributed by atoms with van der Waals surface area (Å²) >= 11 is 0. The van der Waals surface area contributed by atoms with Gasteiger partial charge in [-0.1, -0.05) is 56.0 Å². The van der Waals surface area contributed by atoms with Crippen molar-refractivity contribution in [2.45, 2.75) is 33.2 Å². The molecule has 0 aromatic heterocycles. The lowest BCUT2D eigenvalue weighted by Crippen LogP contribution is -2.32. The first-order valence-corrected chi connectivity index (χ1v) is 8.58. The summed E-state index contributed by atoms with van der Waals surface area (Å²) in [4.78, 5) is 26.6. The van der Waals surface area contributed by atoms with Crippen molar-refractivity contribution in [3.8, 4) is 11.8 Å². The van der Waals surface area contributed by atoms with Gasteiger partial charge in [0.05, 0.1) is 12.2 Å². The summed E-state index contributed by atoms with van der Waals surface area (Å²) in [6.07, 6.45) is 0.503. The normalized spacial score (nSPS) is 12.4. The topological polar surface area (TPSA) is 37.4 Å². The quantitative estimate of drug-likeness (QED) is 0.796. The Morgan fingerprint density at radius 1 is 0.960 bits per heavy atom. The Morgan fingerprint density at radius 3 is 2.36 bits per heavy atom. The minimum absolute atomic E-state index is 0.0417. The Bertz CT molecular complexity index is 871. The maximum Gasteiger partial charge on any atom is 0.227 e. The number of benzene rings is 2. The molecule has 3 nitrogen and oxygen atoms in total. The van der Waals surface area contributed by atoms with Crippen molar-refractivity contribution < 1.29 is 9.59 Å². The molecule has 3 rings (SSSR count). The number of carbonyl (C=O) groups excluding carboxylic acids is 2. The van der Waals surface area contributed by atoms with E-state index in [9.17, 15) is 9.59 Å². The van der Waals surface area contributed by atoms with Crippen LogP contribution in [0.1, 0.15) is 43.4 Å². The van der Waals surface area contributed by atoms with Gasteiger partial charge in [-0.15, -0.1) is 0 Å². The molecule has 0 unspecified atom stereocenters. The van der Waals surface area contributed by atoms with E-state index in [0.29, 0.717) is 6.54 Å². The number of hydrogen-bond donors (Lipinski definition) is 0. The van der Waals surface area contributed by atoms with Crippen molar-refractivity contribution in [2.24, 2.45) is 5.92 Å². The predicted octanol–water partition coefficient (Wildman–Crippen LogP) is 3.94. The third-order valence-corrected chi connectivity index (χ3v) is 4.40. The van der Waals surface area contributed by atoms with Crippen molar-refractivity contribution in [1.29, 1.82) is 0 Å². The van der Waals surface area contributed by atoms with Crippen LogP contribution in [-0.2, 0) is 16.1 Å². The first kappa shape index (κ1) is 17.0. The monoisotopic (exact) mass is 331 g/mol. The lowest BCUT2D eigenvalue weighted by Gasteiger charge is -2.26. The van der Waals surface area contributed by atoms with Crippen molar-refractivity contribution in [3.63, 3.8) is 0 Å². The van der Waals surface area contributed by atoms with E-state index < -0.39 is 0 Å². The van der Waals surface area contributed by atoms with Crippen LogP contribution >= 0.6 is 0 Å². The maximum absolute atomic E-state index is 12.9. The van der Waals surface area contributed by atoms with Crippen LogP contribution in [0, 0.1) is 17.8 Å². The van der Waals surface area contributed by atoms with Gasteiger partial charge < -0.3 is 4.90 Å². The fourth-order valence-electron chi connectivity index (χ4n) is 2.86. The summed E-state index contributed by atoms with van der Waals surface area (Å²) in [6, 6.07) is 15.6. The number of fused-ring (bicyclic) bond motifs is 2. The molecule has 3 heteroatoms. The van der Waals surface area contributed by atoms with E-state index in [2.05, 4.69) is 11.8 Å². The van der Waals surface area contributed by atoms with Crippen molar-refractivity contribution in [3.05, 3.63) is 65.2 Å². The highest BCUT2D eigenvalue weighted by atomic mass is 16.2. The van der Waals surface area contributed by atoms with E-state index in [1.165, 1.54) is 0 Å². The van der Waals surface area contributed by atoms with E-state index in [4.69, 9.17) is 0 Å². The molecule has 1 amide bonds. The second-order valence-electron chi connectivity index (χ2n) is 6.53. The van der Waals surface area contributed by atoms with Crippen molar-refractivity contribution in [2.75, 3.05) is 4.90 Å². The summed E-state index contributed by atoms with van der Waals surface area (Å²) in [5, 5.41) is 0. The van der Waals surface area contributed by atoms with Crippen LogP contribution in [0.2, 0.25) is 0 Å². The molecule has 2 aromatic carbocycles. The smallest absolute Gasteiger partial charge is 0.227 e. The zero-order valence-electron chi connectivity index (χ0n) is 14.6. The largest absolute Gasteiger partial charge is 0.307 e. The first-order chi connectivity index (χ1) is 12.1. The molecule has 2 aromatic rings. The van der Waals surface area contributed by atoms with E-state index in [1.54, 1.807) is 4.90 Å². The molecule has 1 aliphatic heterocycles. The first-order valence-electron chi connectivity index (χ1n) is 8.58. The zero-order chi connectivity index (χ0) is 17.8. The summed E-state index contributed by atoms with van der Waals surface area (Å²) in [7, 11) is 0. The van der Waals surface area contributed by atoms with Gasteiger partial charge in [0, 0.05) is 29.9 Å². The average Bonchev–Trinajstić information content (AvgIpc) is 2.61. The minimum atomic E-state index is -0.0426. The third-order valence-electron chi connectivity index (χ3n) is 4.40. The maximum atomic E-state index is 12.9. The SMILES string of the molecule is CC(C)C(=O)CCC(=O)N1Cc2ccccc2C#Cc2ccccc21. The number of amides is 1. The van der Waals surface area contributed by atoms with Gasteiger partial charge in [-0.25, -0.2) is 0 Å². The molecule has 0 N–H and O–H groups in total. The molecule has 0 radical (unpaired) electrons. The molecule has 126 valence electrons. The zero-order valence-corrected chi connectivity index (χ0v) is 14.6. The summed E-state index contributed by atoms with van der Waals surface area (Å²) in [5.41, 5.74) is 3.60. The highest BCUT2D eigenvalue weighted by molar-refractivity contribution is 5.97. The van der Waals surface area contributed by atoms with E-state index in [0.717, 1.165) is 22.4 Å². The van der Waals surface area contributed by atoms with Gasteiger partial charge in [0.25, 0.3) is 0 Å². The van der Waals surface area contributed by atoms with Crippen LogP contribution in [0.3, 0.4) is 0 Å². The number of carbonyl (C=O) groups is 2. The molecular formula is C22H21NO2. The molecule has 0 atom stereocenters. The number of para-hydroxylation sites is 1. The molecule has 1 heterocycles. The fourth-order valence-corrected chi connectivity index (χ4v) is 2.86. The molecule has 0 spiro atoms. The predicted molar refractivity (Wildman–Crippen MR) is 99.1 cm³/mol. The molecule has 0 aliphatic carbocycles. The van der Waals surface area contributed by atoms with Crippen LogP contribution in [0.5, 0.6) is 0 Å². The average molecular weight is 331 g/mol. The van der Waals surface area contributed by atoms with E-state index in [1.807, 2.05) is 62.4 Å². The van der Waals surface area contributed by atoms with Gasteiger partial charge in [0.1, 0.15) is 5.78 Å². The molecule has 0 bridgehead atoms. The molecule has 0 saturated heterocycles. The summed E-state index contributed by atoms with van der Waals surface area (Å²) in [5.74, 6) is 6.42. The van der Waals surface area contributed by atoms with Crippen LogP contribution in [0.25, 0.3) is 0 Å². The standard InChI is InChI=1S/C22H21NO2/c1-16(2)21(24)13-14-22(25)23-15-19-9-4-3-7-17(19)11-12-18-8-5-6-10-20(18)23/h3-10,16H,13-15H2,1-2H3. The second kappa shape index (κ2) is 7.36. The van der Waals surface area contributed by atoms with Crippen LogP contribution in [0.15, 0.2) is 48.5 Å². The summed E-state index contributed by atoms with van der Waals surface area (Å²) in [6.45, 7) is 4.20. The van der Waals surface area contributed by atoms with Gasteiger partial charge in [-0.05, 0) is 23.8 Å². The fraction of sp³-hybridized carbons (Fsp3) is 0.273. The Hall–Kier alpha value is -2.86. The Balaban J connectivity index is 1.94. The van der Waals surface area contributed by atoms with E-state index in [-0.39, 0.29) is 30.4 Å². The van der Waals surface area contributed by atoms with Crippen LogP contribution in [0.4, 0.5) is 5.69 Å². The minimum Gasteiger partial charge on any atom is -0.307 e. The number of hydrogen-bond acceptors (Lipinski definition) is 2. The molecule has 1 aliphatic rings. The van der Waals surface area contributed by atoms with Gasteiger partial charge in [0.15, 0.2) is 0 Å².